The van der Waals surface area contributed by atoms with Crippen LogP contribution < -0.4 is 11.1 Å². The van der Waals surface area contributed by atoms with E-state index < -0.39 is 0 Å². The fourth-order valence-electron chi connectivity index (χ4n) is 1.81. The van der Waals surface area contributed by atoms with E-state index in [1.165, 1.54) is 12.8 Å². The lowest BCUT2D eigenvalue weighted by Crippen LogP contribution is -2.17. The molecule has 0 atom stereocenters. The molecule has 1 heterocycles. The predicted molar refractivity (Wildman–Crippen MR) is 65.3 cm³/mol. The van der Waals surface area contributed by atoms with Crippen molar-refractivity contribution in [3.63, 3.8) is 0 Å². The highest BCUT2D eigenvalue weighted by atomic mass is 16.5. The van der Waals surface area contributed by atoms with Crippen molar-refractivity contribution in [1.29, 1.82) is 0 Å². The Hall–Kier alpha value is -1.29. The zero-order chi connectivity index (χ0) is 11.4. The zero-order valence-corrected chi connectivity index (χ0v) is 9.70. The van der Waals surface area contributed by atoms with Crippen LogP contribution in [0.5, 0.6) is 0 Å². The van der Waals surface area contributed by atoms with Crippen molar-refractivity contribution in [2.45, 2.75) is 19.3 Å². The molecule has 0 spiro atoms. The normalized spacial score (nSPS) is 17.1. The van der Waals surface area contributed by atoms with Crippen molar-refractivity contribution in [2.24, 2.45) is 5.41 Å². The highest BCUT2D eigenvalue weighted by Gasteiger charge is 2.41. The molecule has 2 rings (SSSR count). The van der Waals surface area contributed by atoms with Crippen LogP contribution in [0, 0.1) is 5.41 Å². The van der Waals surface area contributed by atoms with Gasteiger partial charge in [0.15, 0.2) is 0 Å². The second-order valence-electron chi connectivity index (χ2n) is 4.57. The van der Waals surface area contributed by atoms with E-state index in [1.54, 1.807) is 13.3 Å². The molecule has 1 fully saturated rings. The van der Waals surface area contributed by atoms with Gasteiger partial charge in [0, 0.05) is 20.3 Å². The molecule has 1 aromatic rings. The molecule has 1 aliphatic carbocycles. The maximum Gasteiger partial charge on any atom is 0.123 e. The first-order valence-corrected chi connectivity index (χ1v) is 5.68. The van der Waals surface area contributed by atoms with E-state index in [2.05, 4.69) is 10.3 Å². The van der Waals surface area contributed by atoms with E-state index in [0.29, 0.717) is 11.2 Å². The van der Waals surface area contributed by atoms with E-state index in [-0.39, 0.29) is 0 Å². The first-order chi connectivity index (χ1) is 7.74. The standard InChI is InChI=1S/C12H19N3O/c1-16-7-6-12(4-5-12)9-15-10-2-3-11(13)14-8-10/h2-3,8,15H,4-7,9H2,1H3,(H2,13,14). The van der Waals surface area contributed by atoms with Gasteiger partial charge >= 0.3 is 0 Å². The van der Waals surface area contributed by atoms with Crippen LogP contribution in [0.25, 0.3) is 0 Å². The van der Waals surface area contributed by atoms with Crippen LogP contribution in [-0.2, 0) is 4.74 Å². The van der Waals surface area contributed by atoms with E-state index in [1.807, 2.05) is 12.1 Å². The number of nitrogens with one attached hydrogen (secondary N) is 1. The van der Waals surface area contributed by atoms with E-state index in [4.69, 9.17) is 10.5 Å². The molecular weight excluding hydrogens is 202 g/mol. The number of hydrogen-bond donors (Lipinski definition) is 2. The van der Waals surface area contributed by atoms with E-state index in [9.17, 15) is 0 Å². The van der Waals surface area contributed by atoms with Crippen molar-refractivity contribution in [1.82, 2.24) is 4.98 Å². The fraction of sp³-hybridized carbons (Fsp3) is 0.583. The zero-order valence-electron chi connectivity index (χ0n) is 9.70. The minimum atomic E-state index is 0.456. The molecule has 0 aliphatic heterocycles. The summed E-state index contributed by atoms with van der Waals surface area (Å²) in [7, 11) is 1.76. The average molecular weight is 221 g/mol. The van der Waals surface area contributed by atoms with Crippen molar-refractivity contribution in [3.05, 3.63) is 18.3 Å². The van der Waals surface area contributed by atoms with Crippen LogP contribution in [0.1, 0.15) is 19.3 Å². The Balaban J connectivity index is 1.81. The number of hydrogen-bond acceptors (Lipinski definition) is 4. The van der Waals surface area contributed by atoms with Crippen molar-refractivity contribution in [2.75, 3.05) is 31.3 Å². The maximum atomic E-state index is 5.53. The van der Waals surface area contributed by atoms with Crippen molar-refractivity contribution < 1.29 is 4.74 Å². The molecule has 88 valence electrons. The smallest absolute Gasteiger partial charge is 0.123 e. The van der Waals surface area contributed by atoms with Gasteiger partial charge in [-0.25, -0.2) is 4.98 Å². The van der Waals surface area contributed by atoms with E-state index >= 15 is 0 Å². The Labute approximate surface area is 96.2 Å². The molecule has 1 aromatic heterocycles. The van der Waals surface area contributed by atoms with Crippen LogP contribution in [0.15, 0.2) is 18.3 Å². The molecule has 4 nitrogen and oxygen atoms in total. The minimum absolute atomic E-state index is 0.456. The molecule has 1 saturated carbocycles. The van der Waals surface area contributed by atoms with Gasteiger partial charge in [0.2, 0.25) is 0 Å². The number of aromatic nitrogens is 1. The second kappa shape index (κ2) is 4.70. The Morgan fingerprint density at radius 1 is 1.50 bits per heavy atom. The first kappa shape index (κ1) is 11.2. The Bertz CT molecular complexity index is 333. The molecule has 16 heavy (non-hydrogen) atoms. The van der Waals surface area contributed by atoms with Gasteiger partial charge in [-0.2, -0.15) is 0 Å². The average Bonchev–Trinajstić information content (AvgIpc) is 3.07. The summed E-state index contributed by atoms with van der Waals surface area (Å²) in [5.41, 5.74) is 7.03. The van der Waals surface area contributed by atoms with Gasteiger partial charge in [-0.3, -0.25) is 0 Å². The van der Waals surface area contributed by atoms with Crippen LogP contribution in [-0.4, -0.2) is 25.2 Å². The quantitative estimate of drug-likeness (QED) is 0.770. The lowest BCUT2D eigenvalue weighted by Gasteiger charge is -2.16. The van der Waals surface area contributed by atoms with Gasteiger partial charge in [0.1, 0.15) is 5.82 Å². The van der Waals surface area contributed by atoms with Crippen LogP contribution in [0.4, 0.5) is 11.5 Å². The van der Waals surface area contributed by atoms with Crippen molar-refractivity contribution in [3.8, 4) is 0 Å². The summed E-state index contributed by atoms with van der Waals surface area (Å²) >= 11 is 0. The second-order valence-corrected chi connectivity index (χ2v) is 4.57. The summed E-state index contributed by atoms with van der Waals surface area (Å²) in [5.74, 6) is 0.561. The van der Waals surface area contributed by atoms with Crippen LogP contribution >= 0.6 is 0 Å². The highest BCUT2D eigenvalue weighted by Crippen LogP contribution is 2.48. The molecular formula is C12H19N3O. The van der Waals surface area contributed by atoms with Gasteiger partial charge in [0.25, 0.3) is 0 Å². The summed E-state index contributed by atoms with van der Waals surface area (Å²) in [6.45, 7) is 1.85. The third-order valence-electron chi connectivity index (χ3n) is 3.25. The fourth-order valence-corrected chi connectivity index (χ4v) is 1.81. The summed E-state index contributed by atoms with van der Waals surface area (Å²) in [6.07, 6.45) is 5.51. The van der Waals surface area contributed by atoms with Gasteiger partial charge in [-0.05, 0) is 36.8 Å². The van der Waals surface area contributed by atoms with E-state index in [0.717, 1.165) is 25.3 Å². The SMILES string of the molecule is COCCC1(CNc2ccc(N)nc2)CC1. The lowest BCUT2D eigenvalue weighted by molar-refractivity contribution is 0.175. The van der Waals surface area contributed by atoms with Gasteiger partial charge in [-0.15, -0.1) is 0 Å². The lowest BCUT2D eigenvalue weighted by atomic mass is 10.0. The third-order valence-corrected chi connectivity index (χ3v) is 3.25. The molecule has 1 aliphatic rings. The van der Waals surface area contributed by atoms with Crippen LogP contribution in [0.2, 0.25) is 0 Å². The minimum Gasteiger partial charge on any atom is -0.385 e. The molecule has 4 heteroatoms. The largest absolute Gasteiger partial charge is 0.385 e. The summed E-state index contributed by atoms with van der Waals surface area (Å²) in [5, 5.41) is 3.41. The highest BCUT2D eigenvalue weighted by molar-refractivity contribution is 5.45. The summed E-state index contributed by atoms with van der Waals surface area (Å²) in [4.78, 5) is 4.05. The summed E-state index contributed by atoms with van der Waals surface area (Å²) < 4.78 is 5.13. The number of nitrogens with zero attached hydrogens (tertiary/aromatic N) is 1. The Kier molecular flexibility index (Phi) is 3.29. The number of nitrogens with two attached hydrogens (primary N) is 1. The third kappa shape index (κ3) is 2.85. The number of pyridine rings is 1. The number of ether oxygens (including phenoxy) is 1. The molecule has 0 unspecified atom stereocenters. The molecule has 0 bridgehead atoms. The topological polar surface area (TPSA) is 60.2 Å². The predicted octanol–water partition coefficient (Wildman–Crippen LogP) is 1.89. The number of methoxy groups -OCH3 is 1. The van der Waals surface area contributed by atoms with Gasteiger partial charge < -0.3 is 15.8 Å². The molecule has 0 aromatic carbocycles. The number of anilines is 2. The first-order valence-electron chi connectivity index (χ1n) is 5.68. The number of rotatable bonds is 6. The molecule has 0 amide bonds. The Morgan fingerprint density at radius 3 is 2.88 bits per heavy atom. The van der Waals surface area contributed by atoms with Gasteiger partial charge in [0.05, 0.1) is 11.9 Å². The van der Waals surface area contributed by atoms with Gasteiger partial charge in [-0.1, -0.05) is 0 Å². The maximum absolute atomic E-state index is 5.53. The number of nitrogen functional groups attached to an aromatic ring is 1. The molecule has 0 saturated heterocycles. The van der Waals surface area contributed by atoms with Crippen molar-refractivity contribution >= 4 is 11.5 Å². The Morgan fingerprint density at radius 2 is 2.31 bits per heavy atom. The summed E-state index contributed by atoms with van der Waals surface area (Å²) in [6, 6.07) is 3.78. The molecule has 0 radical (unpaired) electrons. The molecule has 3 N–H and O–H groups in total. The monoisotopic (exact) mass is 221 g/mol. The van der Waals surface area contributed by atoms with Crippen LogP contribution in [0.3, 0.4) is 0 Å².